The van der Waals surface area contributed by atoms with E-state index in [9.17, 15) is 4.39 Å². The summed E-state index contributed by atoms with van der Waals surface area (Å²) in [7, 11) is 0. The number of hydrogen-bond donors (Lipinski definition) is 3. The quantitative estimate of drug-likeness (QED) is 0.525. The van der Waals surface area contributed by atoms with Crippen LogP contribution in [-0.4, -0.2) is 22.3 Å². The summed E-state index contributed by atoms with van der Waals surface area (Å²) in [6.45, 7) is 0.800. The number of fused-ring (bicyclic) bond motifs is 1. The van der Waals surface area contributed by atoms with Gasteiger partial charge in [0.15, 0.2) is 0 Å². The van der Waals surface area contributed by atoms with Crippen LogP contribution >= 0.6 is 0 Å². The third-order valence-corrected chi connectivity index (χ3v) is 3.00. The summed E-state index contributed by atoms with van der Waals surface area (Å²) < 4.78 is 14.3. The lowest BCUT2D eigenvalue weighted by molar-refractivity contribution is 0.628. The highest BCUT2D eigenvalue weighted by Crippen LogP contribution is 2.32. The lowest BCUT2D eigenvalue weighted by Crippen LogP contribution is -2.23. The Bertz CT molecular complexity index is 614. The highest BCUT2D eigenvalue weighted by Gasteiger charge is 2.24. The fourth-order valence-electron chi connectivity index (χ4n) is 2.19. The zero-order valence-corrected chi connectivity index (χ0v) is 9.57. The molecule has 0 bridgehead atoms. The Morgan fingerprint density at radius 1 is 1.39 bits per heavy atom. The van der Waals surface area contributed by atoms with E-state index in [1.54, 1.807) is 12.1 Å². The molecule has 3 rings (SSSR count). The second-order valence-electron chi connectivity index (χ2n) is 4.16. The van der Waals surface area contributed by atoms with Crippen molar-refractivity contribution < 1.29 is 4.39 Å². The molecule has 0 saturated heterocycles. The smallest absolute Gasteiger partial charge is 0.215 e. The number of nitrogens with two attached hydrogens (primary N) is 1. The normalized spacial score (nSPS) is 13.2. The molecule has 1 aromatic heterocycles. The molecule has 0 fully saturated rings. The molecule has 6 heteroatoms. The van der Waals surface area contributed by atoms with Gasteiger partial charge in [0.25, 0.3) is 0 Å². The third-order valence-electron chi connectivity index (χ3n) is 3.00. The highest BCUT2D eigenvalue weighted by molar-refractivity contribution is 5.84. The summed E-state index contributed by atoms with van der Waals surface area (Å²) >= 11 is 0. The maximum Gasteiger partial charge on any atom is 0.215 e. The van der Waals surface area contributed by atoms with Crippen molar-refractivity contribution >= 4 is 11.8 Å². The van der Waals surface area contributed by atoms with E-state index in [1.807, 2.05) is 0 Å². The minimum Gasteiger partial charge on any atom is -0.369 e. The lowest BCUT2D eigenvalue weighted by atomic mass is 10.1. The molecule has 0 unspecified atom stereocenters. The van der Waals surface area contributed by atoms with E-state index >= 15 is 0 Å². The summed E-state index contributed by atoms with van der Waals surface area (Å²) in [6, 6.07) is 6.16. The lowest BCUT2D eigenvalue weighted by Gasteiger charge is -2.02. The fourth-order valence-corrected chi connectivity index (χ4v) is 2.19. The monoisotopic (exact) mass is 245 g/mol. The van der Waals surface area contributed by atoms with Gasteiger partial charge in [-0.15, -0.1) is 0 Å². The van der Waals surface area contributed by atoms with Crippen molar-refractivity contribution in [1.82, 2.24) is 9.78 Å². The zero-order valence-electron chi connectivity index (χ0n) is 9.57. The number of benzene rings is 1. The topological polar surface area (TPSA) is 79.7 Å². The second kappa shape index (κ2) is 3.83. The van der Waals surface area contributed by atoms with Crippen LogP contribution in [0.15, 0.2) is 24.3 Å². The van der Waals surface area contributed by atoms with Crippen LogP contribution in [0, 0.1) is 11.2 Å². The molecule has 0 amide bonds. The summed E-state index contributed by atoms with van der Waals surface area (Å²) in [5.41, 5.74) is 8.10. The van der Waals surface area contributed by atoms with Crippen LogP contribution in [-0.2, 0) is 6.42 Å². The van der Waals surface area contributed by atoms with Crippen LogP contribution in [0.3, 0.4) is 0 Å². The Kier molecular flexibility index (Phi) is 2.29. The molecule has 0 radical (unpaired) electrons. The van der Waals surface area contributed by atoms with Crippen LogP contribution in [0.2, 0.25) is 0 Å². The number of rotatable bonds is 1. The van der Waals surface area contributed by atoms with Crippen LogP contribution in [0.25, 0.3) is 11.3 Å². The molecule has 92 valence electrons. The molecule has 4 N–H and O–H groups in total. The molecule has 2 aromatic rings. The number of anilines is 1. The Morgan fingerprint density at radius 2 is 2.11 bits per heavy atom. The van der Waals surface area contributed by atoms with Crippen LogP contribution < -0.4 is 11.1 Å². The molecule has 0 atom stereocenters. The third kappa shape index (κ3) is 1.54. The molecular formula is C12H12FN5. The van der Waals surface area contributed by atoms with Crippen molar-refractivity contribution in [2.75, 3.05) is 11.9 Å². The van der Waals surface area contributed by atoms with Crippen molar-refractivity contribution in [3.05, 3.63) is 35.6 Å². The summed E-state index contributed by atoms with van der Waals surface area (Å²) in [5, 5.41) is 15.0. The first-order valence-corrected chi connectivity index (χ1v) is 5.63. The molecule has 2 heterocycles. The van der Waals surface area contributed by atoms with E-state index in [1.165, 1.54) is 16.8 Å². The molecule has 0 saturated carbocycles. The second-order valence-corrected chi connectivity index (χ2v) is 4.16. The number of aromatic nitrogens is 2. The van der Waals surface area contributed by atoms with Crippen molar-refractivity contribution in [1.29, 1.82) is 5.41 Å². The van der Waals surface area contributed by atoms with Gasteiger partial charge in [0.05, 0.1) is 5.69 Å². The highest BCUT2D eigenvalue weighted by atomic mass is 19.1. The van der Waals surface area contributed by atoms with Gasteiger partial charge >= 0.3 is 0 Å². The molecule has 0 spiro atoms. The molecule has 0 aliphatic carbocycles. The van der Waals surface area contributed by atoms with Crippen molar-refractivity contribution in [3.8, 4) is 11.3 Å². The molecule has 5 nitrogen and oxygen atoms in total. The van der Waals surface area contributed by atoms with Crippen molar-refractivity contribution in [2.45, 2.75) is 6.42 Å². The molecule has 1 aromatic carbocycles. The molecule has 1 aliphatic rings. The molecular weight excluding hydrogens is 233 g/mol. The number of hydrogen-bond acceptors (Lipinski definition) is 3. The number of nitrogens with zero attached hydrogens (tertiary/aromatic N) is 2. The van der Waals surface area contributed by atoms with Gasteiger partial charge < -0.3 is 11.1 Å². The van der Waals surface area contributed by atoms with Gasteiger partial charge in [0, 0.05) is 17.7 Å². The van der Waals surface area contributed by atoms with E-state index in [2.05, 4.69) is 10.4 Å². The summed E-state index contributed by atoms with van der Waals surface area (Å²) in [4.78, 5) is 0. The van der Waals surface area contributed by atoms with Gasteiger partial charge in [-0.2, -0.15) is 9.78 Å². The minimum atomic E-state index is -0.278. The standard InChI is InChI=1S/C12H12FN5/c13-8-3-1-7(2-4-8)10-9-5-6-16-11(9)18(17-10)12(14)15/h1-4,16H,5-6H2,(H3,14,15). The van der Waals surface area contributed by atoms with Gasteiger partial charge in [0.2, 0.25) is 5.96 Å². The largest absolute Gasteiger partial charge is 0.369 e. The number of halogens is 1. The van der Waals surface area contributed by atoms with E-state index < -0.39 is 0 Å². The first kappa shape index (κ1) is 10.8. The first-order valence-electron chi connectivity index (χ1n) is 5.63. The average Bonchev–Trinajstić information content (AvgIpc) is 2.91. The van der Waals surface area contributed by atoms with E-state index in [0.717, 1.165) is 35.6 Å². The van der Waals surface area contributed by atoms with Crippen LogP contribution in [0.4, 0.5) is 10.2 Å². The fraction of sp³-hybridized carbons (Fsp3) is 0.167. The van der Waals surface area contributed by atoms with Gasteiger partial charge in [0.1, 0.15) is 11.6 Å². The van der Waals surface area contributed by atoms with Crippen LogP contribution in [0.1, 0.15) is 5.56 Å². The van der Waals surface area contributed by atoms with Crippen molar-refractivity contribution in [2.24, 2.45) is 5.73 Å². The maximum atomic E-state index is 12.9. The SMILES string of the molecule is N=C(N)n1nc(-c2ccc(F)cc2)c2c1NCC2. The Balaban J connectivity index is 2.15. The zero-order chi connectivity index (χ0) is 12.7. The number of nitrogen functional groups attached to an aromatic ring is 1. The average molecular weight is 245 g/mol. The predicted molar refractivity (Wildman–Crippen MR) is 67.1 cm³/mol. The maximum absolute atomic E-state index is 12.9. The first-order chi connectivity index (χ1) is 8.66. The Hall–Kier alpha value is -2.37. The Morgan fingerprint density at radius 3 is 2.78 bits per heavy atom. The van der Waals surface area contributed by atoms with Gasteiger partial charge in [-0.3, -0.25) is 5.41 Å². The molecule has 1 aliphatic heterocycles. The van der Waals surface area contributed by atoms with Gasteiger partial charge in [-0.05, 0) is 30.7 Å². The predicted octanol–water partition coefficient (Wildman–Crippen LogP) is 1.40. The van der Waals surface area contributed by atoms with E-state index in [-0.39, 0.29) is 11.8 Å². The molecule has 18 heavy (non-hydrogen) atoms. The van der Waals surface area contributed by atoms with Crippen LogP contribution in [0.5, 0.6) is 0 Å². The summed E-state index contributed by atoms with van der Waals surface area (Å²) in [5.74, 6) is 0.357. The van der Waals surface area contributed by atoms with E-state index in [4.69, 9.17) is 11.1 Å². The van der Waals surface area contributed by atoms with Crippen molar-refractivity contribution in [3.63, 3.8) is 0 Å². The number of nitrogens with one attached hydrogen (secondary N) is 2. The van der Waals surface area contributed by atoms with Gasteiger partial charge in [-0.1, -0.05) is 0 Å². The van der Waals surface area contributed by atoms with Gasteiger partial charge in [-0.25, -0.2) is 4.39 Å². The van der Waals surface area contributed by atoms with E-state index in [0.29, 0.717) is 0 Å². The Labute approximate surface area is 103 Å². The minimum absolute atomic E-state index is 0.131. The summed E-state index contributed by atoms with van der Waals surface area (Å²) in [6.07, 6.45) is 0.829.